The third-order valence-corrected chi connectivity index (χ3v) is 3.20. The molecule has 0 saturated heterocycles. The summed E-state index contributed by atoms with van der Waals surface area (Å²) in [4.78, 5) is 4.32. The lowest BCUT2D eigenvalue weighted by atomic mass is 9.88. The van der Waals surface area contributed by atoms with Gasteiger partial charge in [-0.15, -0.1) is 0 Å². The average molecular weight is 312 g/mol. The molecule has 0 aliphatic rings. The van der Waals surface area contributed by atoms with Crippen LogP contribution >= 0.6 is 0 Å². The number of guanidine groups is 1. The molecule has 4 nitrogen and oxygen atoms in total. The normalized spacial score (nSPS) is 14.2. The average Bonchev–Trinajstić information content (AvgIpc) is 2.37. The first kappa shape index (κ1) is 17.8. The molecule has 1 rings (SSSR count). The summed E-state index contributed by atoms with van der Waals surface area (Å²) in [6.07, 6.45) is -2.70. The van der Waals surface area contributed by atoms with Gasteiger partial charge in [-0.2, -0.15) is 18.4 Å². The Hall–Kier alpha value is -2.23. The second-order valence-corrected chi connectivity index (χ2v) is 5.96. The molecule has 1 unspecified atom stereocenters. The van der Waals surface area contributed by atoms with E-state index < -0.39 is 11.7 Å². The molecule has 2 N–H and O–H groups in total. The number of aliphatic imine (C=N–C) groups is 1. The zero-order chi connectivity index (χ0) is 17.0. The summed E-state index contributed by atoms with van der Waals surface area (Å²) in [6, 6.07) is 4.59. The molecule has 0 aliphatic carbocycles. The number of nitriles is 1. The number of nitrogens with one attached hydrogen (secondary N) is 2. The van der Waals surface area contributed by atoms with Gasteiger partial charge in [0.2, 0.25) is 5.96 Å². The summed E-state index contributed by atoms with van der Waals surface area (Å²) < 4.78 is 38.1. The molecule has 1 aromatic carbocycles. The summed E-state index contributed by atoms with van der Waals surface area (Å²) in [5.74, 6) is 0.115. The maximum absolute atomic E-state index is 12.7. The van der Waals surface area contributed by atoms with E-state index >= 15 is 0 Å². The summed E-state index contributed by atoms with van der Waals surface area (Å²) in [5, 5.41) is 13.8. The maximum Gasteiger partial charge on any atom is 0.416 e. The number of halogens is 3. The first-order valence-electron chi connectivity index (χ1n) is 6.71. The zero-order valence-electron chi connectivity index (χ0n) is 12.9. The van der Waals surface area contributed by atoms with Crippen molar-refractivity contribution in [3.63, 3.8) is 0 Å². The quantitative estimate of drug-likeness (QED) is 0.376. The van der Waals surface area contributed by atoms with Crippen LogP contribution in [0.3, 0.4) is 0 Å². The van der Waals surface area contributed by atoms with E-state index in [0.717, 1.165) is 12.1 Å². The van der Waals surface area contributed by atoms with Gasteiger partial charge in [0.15, 0.2) is 6.19 Å². The molecule has 1 atom stereocenters. The van der Waals surface area contributed by atoms with Crippen LogP contribution in [0, 0.1) is 16.9 Å². The highest BCUT2D eigenvalue weighted by atomic mass is 19.4. The third kappa shape index (κ3) is 5.28. The van der Waals surface area contributed by atoms with Crippen LogP contribution in [0.1, 0.15) is 33.3 Å². The first-order valence-corrected chi connectivity index (χ1v) is 6.71. The van der Waals surface area contributed by atoms with Crippen LogP contribution in [-0.4, -0.2) is 12.0 Å². The molecule has 7 heteroatoms. The molecule has 120 valence electrons. The van der Waals surface area contributed by atoms with Crippen molar-refractivity contribution in [3.05, 3.63) is 29.8 Å². The summed E-state index contributed by atoms with van der Waals surface area (Å²) in [7, 11) is 0. The predicted octanol–water partition coefficient (Wildman–Crippen LogP) is 3.98. The molecular formula is C15H19F3N4. The predicted molar refractivity (Wildman–Crippen MR) is 80.2 cm³/mol. The van der Waals surface area contributed by atoms with E-state index in [-0.39, 0.29) is 23.1 Å². The van der Waals surface area contributed by atoms with Gasteiger partial charge in [-0.1, -0.05) is 26.8 Å². The summed E-state index contributed by atoms with van der Waals surface area (Å²) >= 11 is 0. The Kier molecular flexibility index (Phi) is 5.42. The zero-order valence-corrected chi connectivity index (χ0v) is 12.9. The molecule has 0 saturated carbocycles. The topological polar surface area (TPSA) is 60.2 Å². The second kappa shape index (κ2) is 6.69. The molecule has 0 aliphatic heterocycles. The highest BCUT2D eigenvalue weighted by molar-refractivity contribution is 5.94. The molecule has 0 spiro atoms. The van der Waals surface area contributed by atoms with Gasteiger partial charge >= 0.3 is 6.18 Å². The van der Waals surface area contributed by atoms with Gasteiger partial charge in [-0.3, -0.25) is 5.32 Å². The number of anilines is 1. The van der Waals surface area contributed by atoms with Crippen LogP contribution in [-0.2, 0) is 6.18 Å². The first-order chi connectivity index (χ1) is 10.0. The Labute approximate surface area is 128 Å². The van der Waals surface area contributed by atoms with E-state index in [1.54, 1.807) is 6.19 Å². The Balaban J connectivity index is 3.02. The van der Waals surface area contributed by atoms with Crippen molar-refractivity contribution < 1.29 is 13.2 Å². The molecule has 0 bridgehead atoms. The van der Waals surface area contributed by atoms with Crippen LogP contribution in [0.5, 0.6) is 0 Å². The minimum atomic E-state index is -4.42. The van der Waals surface area contributed by atoms with Crippen molar-refractivity contribution in [3.8, 4) is 6.19 Å². The third-order valence-electron chi connectivity index (χ3n) is 3.20. The minimum Gasteiger partial charge on any atom is -0.326 e. The van der Waals surface area contributed by atoms with Crippen molar-refractivity contribution in [1.29, 1.82) is 5.26 Å². The summed E-state index contributed by atoms with van der Waals surface area (Å²) in [6.45, 7) is 7.81. The van der Waals surface area contributed by atoms with Crippen LogP contribution < -0.4 is 10.6 Å². The molecular weight excluding hydrogens is 293 g/mol. The fourth-order valence-corrected chi connectivity index (χ4v) is 1.45. The van der Waals surface area contributed by atoms with E-state index in [2.05, 4.69) is 15.6 Å². The number of alkyl halides is 3. The monoisotopic (exact) mass is 312 g/mol. The number of benzene rings is 1. The highest BCUT2D eigenvalue weighted by Gasteiger charge is 2.30. The molecule has 22 heavy (non-hydrogen) atoms. The van der Waals surface area contributed by atoms with E-state index in [1.165, 1.54) is 12.1 Å². The lowest BCUT2D eigenvalue weighted by molar-refractivity contribution is -0.137. The fourth-order valence-electron chi connectivity index (χ4n) is 1.45. The molecule has 0 heterocycles. The van der Waals surface area contributed by atoms with E-state index in [1.807, 2.05) is 27.7 Å². The Morgan fingerprint density at radius 1 is 1.27 bits per heavy atom. The molecule has 1 aromatic rings. The maximum atomic E-state index is 12.7. The molecule has 0 aromatic heterocycles. The minimum absolute atomic E-state index is 0.115. The molecule has 0 radical (unpaired) electrons. The highest BCUT2D eigenvalue weighted by Crippen LogP contribution is 2.30. The van der Waals surface area contributed by atoms with E-state index in [9.17, 15) is 13.2 Å². The fraction of sp³-hybridized carbons (Fsp3) is 0.467. The van der Waals surface area contributed by atoms with Crippen LogP contribution in [0.4, 0.5) is 18.9 Å². The van der Waals surface area contributed by atoms with E-state index in [0.29, 0.717) is 0 Å². The lowest BCUT2D eigenvalue weighted by Gasteiger charge is -2.24. The largest absolute Gasteiger partial charge is 0.416 e. The number of hydrogen-bond donors (Lipinski definition) is 2. The van der Waals surface area contributed by atoms with Gasteiger partial charge in [-0.05, 0) is 30.5 Å². The van der Waals surface area contributed by atoms with Crippen LogP contribution in [0.25, 0.3) is 0 Å². The number of nitrogens with zero attached hydrogens (tertiary/aromatic N) is 2. The van der Waals surface area contributed by atoms with Crippen molar-refractivity contribution in [2.75, 3.05) is 5.32 Å². The number of hydrogen-bond acceptors (Lipinski definition) is 2. The van der Waals surface area contributed by atoms with Gasteiger partial charge in [0, 0.05) is 5.69 Å². The van der Waals surface area contributed by atoms with Crippen LogP contribution in [0.15, 0.2) is 29.3 Å². The van der Waals surface area contributed by atoms with Crippen molar-refractivity contribution in [1.82, 2.24) is 5.32 Å². The SMILES string of the molecule is CC(/N=C(\NC#N)Nc1cccc(C(F)(F)F)c1)C(C)(C)C. The van der Waals surface area contributed by atoms with Gasteiger partial charge in [-0.25, -0.2) is 4.99 Å². The van der Waals surface area contributed by atoms with E-state index in [4.69, 9.17) is 5.26 Å². The smallest absolute Gasteiger partial charge is 0.326 e. The van der Waals surface area contributed by atoms with Crippen molar-refractivity contribution in [2.45, 2.75) is 39.9 Å². The number of rotatable bonds is 2. The molecule has 0 fully saturated rings. The van der Waals surface area contributed by atoms with Gasteiger partial charge < -0.3 is 5.32 Å². The Morgan fingerprint density at radius 2 is 1.91 bits per heavy atom. The lowest BCUT2D eigenvalue weighted by Crippen LogP contribution is -2.31. The van der Waals surface area contributed by atoms with Gasteiger partial charge in [0.1, 0.15) is 0 Å². The van der Waals surface area contributed by atoms with Gasteiger partial charge in [0.25, 0.3) is 0 Å². The van der Waals surface area contributed by atoms with Crippen LogP contribution in [0.2, 0.25) is 0 Å². The second-order valence-electron chi connectivity index (χ2n) is 5.96. The van der Waals surface area contributed by atoms with Gasteiger partial charge in [0.05, 0.1) is 11.6 Å². The van der Waals surface area contributed by atoms with Crippen molar-refractivity contribution in [2.24, 2.45) is 10.4 Å². The summed E-state index contributed by atoms with van der Waals surface area (Å²) in [5.41, 5.74) is -0.701. The molecule has 0 amide bonds. The Bertz CT molecular complexity index is 580. The standard InChI is InChI=1S/C15H19F3N4/c1-10(14(2,3)4)21-13(20-9-19)22-12-7-5-6-11(8-12)15(16,17)18/h5-8,10H,1-4H3,(H2,20,21,22). The Morgan fingerprint density at radius 3 is 2.41 bits per heavy atom. The van der Waals surface area contributed by atoms with Crippen molar-refractivity contribution >= 4 is 11.6 Å².